The smallest absolute Gasteiger partial charge is 0.244 e. The summed E-state index contributed by atoms with van der Waals surface area (Å²) in [5.41, 5.74) is 0.607. The lowest BCUT2D eigenvalue weighted by Crippen LogP contribution is -2.37. The summed E-state index contributed by atoms with van der Waals surface area (Å²) in [4.78, 5) is 11.8. The molecule has 1 unspecified atom stereocenters. The lowest BCUT2D eigenvalue weighted by atomic mass is 10.0. The Morgan fingerprint density at radius 2 is 1.95 bits per heavy atom. The molecule has 0 aromatic heterocycles. The van der Waals surface area contributed by atoms with E-state index >= 15 is 0 Å². The molecule has 0 radical (unpaired) electrons. The monoisotopic (exact) mass is 315 g/mol. The van der Waals surface area contributed by atoms with E-state index in [-0.39, 0.29) is 18.6 Å². The van der Waals surface area contributed by atoms with E-state index in [4.69, 9.17) is 23.2 Å². The largest absolute Gasteiger partial charge is 0.394 e. The molecule has 2 N–H and O–H groups in total. The molecule has 0 heterocycles. The highest BCUT2D eigenvalue weighted by molar-refractivity contribution is 6.37. The molecule has 1 aromatic rings. The number of carbonyl (C=O) groups excluding carboxylic acids is 1. The number of nitrogens with one attached hydrogen (secondary N) is 1. The molecule has 1 rings (SSSR count). The van der Waals surface area contributed by atoms with Crippen LogP contribution in [-0.4, -0.2) is 23.7 Å². The number of rotatable bonds is 6. The molecule has 0 aliphatic heterocycles. The molecule has 0 spiro atoms. The van der Waals surface area contributed by atoms with E-state index in [0.29, 0.717) is 21.5 Å². The van der Waals surface area contributed by atoms with Crippen LogP contribution in [0, 0.1) is 5.92 Å². The van der Waals surface area contributed by atoms with Crippen LogP contribution in [0.4, 0.5) is 0 Å². The third-order valence-corrected chi connectivity index (χ3v) is 3.38. The number of hydrogen-bond donors (Lipinski definition) is 2. The molecule has 0 saturated carbocycles. The first kappa shape index (κ1) is 17.0. The van der Waals surface area contributed by atoms with Gasteiger partial charge in [0.15, 0.2) is 0 Å². The van der Waals surface area contributed by atoms with E-state index in [2.05, 4.69) is 5.32 Å². The minimum absolute atomic E-state index is 0.0788. The van der Waals surface area contributed by atoms with Crippen LogP contribution in [0.5, 0.6) is 0 Å². The van der Waals surface area contributed by atoms with E-state index in [1.807, 2.05) is 13.8 Å². The normalized spacial score (nSPS) is 12.9. The number of hydrogen-bond acceptors (Lipinski definition) is 2. The van der Waals surface area contributed by atoms with Gasteiger partial charge in [0.1, 0.15) is 0 Å². The van der Waals surface area contributed by atoms with Crippen LogP contribution in [-0.2, 0) is 4.79 Å². The highest BCUT2D eigenvalue weighted by Crippen LogP contribution is 2.25. The van der Waals surface area contributed by atoms with E-state index < -0.39 is 0 Å². The van der Waals surface area contributed by atoms with Gasteiger partial charge in [-0.05, 0) is 30.5 Å². The van der Waals surface area contributed by atoms with Crippen molar-refractivity contribution in [2.45, 2.75) is 26.3 Å². The Morgan fingerprint density at radius 3 is 2.45 bits per heavy atom. The van der Waals surface area contributed by atoms with Crippen LogP contribution in [0.1, 0.15) is 25.8 Å². The SMILES string of the molecule is CC(C)CC(CO)NC(=O)/C=C/c1c(Cl)cccc1Cl. The van der Waals surface area contributed by atoms with Crippen molar-refractivity contribution in [1.29, 1.82) is 0 Å². The Kier molecular flexibility index (Phi) is 7.06. The van der Waals surface area contributed by atoms with Gasteiger partial charge in [0.05, 0.1) is 12.6 Å². The third-order valence-electron chi connectivity index (χ3n) is 2.72. The summed E-state index contributed by atoms with van der Waals surface area (Å²) in [7, 11) is 0. The molecular weight excluding hydrogens is 297 g/mol. The second kappa shape index (κ2) is 8.30. The summed E-state index contributed by atoms with van der Waals surface area (Å²) in [6.07, 6.45) is 3.67. The molecule has 0 aliphatic carbocycles. The van der Waals surface area contributed by atoms with Gasteiger partial charge in [-0.1, -0.05) is 43.1 Å². The predicted molar refractivity (Wildman–Crippen MR) is 84.0 cm³/mol. The Bertz CT molecular complexity index is 467. The topological polar surface area (TPSA) is 49.3 Å². The van der Waals surface area contributed by atoms with E-state index in [0.717, 1.165) is 6.42 Å². The molecule has 1 aromatic carbocycles. The molecule has 3 nitrogen and oxygen atoms in total. The van der Waals surface area contributed by atoms with Gasteiger partial charge in [-0.3, -0.25) is 4.79 Å². The highest BCUT2D eigenvalue weighted by Gasteiger charge is 2.11. The molecule has 5 heteroatoms. The van der Waals surface area contributed by atoms with Crippen LogP contribution in [0.25, 0.3) is 6.08 Å². The molecule has 110 valence electrons. The van der Waals surface area contributed by atoms with Gasteiger partial charge in [0.2, 0.25) is 5.91 Å². The van der Waals surface area contributed by atoms with Crippen LogP contribution in [0.3, 0.4) is 0 Å². The number of halogens is 2. The number of benzene rings is 1. The quantitative estimate of drug-likeness (QED) is 0.789. The predicted octanol–water partition coefficient (Wildman–Crippen LogP) is 3.53. The van der Waals surface area contributed by atoms with Gasteiger partial charge >= 0.3 is 0 Å². The fourth-order valence-electron chi connectivity index (χ4n) is 1.83. The highest BCUT2D eigenvalue weighted by atomic mass is 35.5. The average molecular weight is 316 g/mol. The van der Waals surface area contributed by atoms with Crippen LogP contribution in [0.15, 0.2) is 24.3 Å². The zero-order chi connectivity index (χ0) is 15.1. The lowest BCUT2D eigenvalue weighted by molar-refractivity contribution is -0.117. The molecule has 0 saturated heterocycles. The maximum absolute atomic E-state index is 11.8. The number of carbonyl (C=O) groups is 1. The molecule has 20 heavy (non-hydrogen) atoms. The first-order valence-corrected chi connectivity index (χ1v) is 7.23. The van der Waals surface area contributed by atoms with Crippen molar-refractivity contribution in [1.82, 2.24) is 5.32 Å². The minimum atomic E-state index is -0.277. The van der Waals surface area contributed by atoms with Gasteiger partial charge in [-0.25, -0.2) is 0 Å². The van der Waals surface area contributed by atoms with Crippen molar-refractivity contribution in [3.05, 3.63) is 39.9 Å². The van der Waals surface area contributed by atoms with Gasteiger partial charge < -0.3 is 10.4 Å². The van der Waals surface area contributed by atoms with Gasteiger partial charge in [-0.2, -0.15) is 0 Å². The fourth-order valence-corrected chi connectivity index (χ4v) is 2.35. The maximum atomic E-state index is 11.8. The van der Waals surface area contributed by atoms with E-state index in [9.17, 15) is 9.90 Å². The van der Waals surface area contributed by atoms with Crippen molar-refractivity contribution >= 4 is 35.2 Å². The minimum Gasteiger partial charge on any atom is -0.394 e. The number of amides is 1. The Hall–Kier alpha value is -1.03. The van der Waals surface area contributed by atoms with Crippen LogP contribution >= 0.6 is 23.2 Å². The second-order valence-corrected chi connectivity index (χ2v) is 5.80. The second-order valence-electron chi connectivity index (χ2n) is 4.99. The zero-order valence-electron chi connectivity index (χ0n) is 11.6. The van der Waals surface area contributed by atoms with E-state index in [1.165, 1.54) is 6.08 Å². The fraction of sp³-hybridized carbons (Fsp3) is 0.400. The van der Waals surface area contributed by atoms with Crippen molar-refractivity contribution in [2.24, 2.45) is 5.92 Å². The van der Waals surface area contributed by atoms with Crippen molar-refractivity contribution in [2.75, 3.05) is 6.61 Å². The summed E-state index contributed by atoms with van der Waals surface area (Å²) in [6.45, 7) is 3.99. The Morgan fingerprint density at radius 1 is 1.35 bits per heavy atom. The van der Waals surface area contributed by atoms with Gasteiger partial charge in [-0.15, -0.1) is 0 Å². The molecule has 0 fully saturated rings. The first-order chi connectivity index (χ1) is 9.43. The number of aliphatic hydroxyl groups excluding tert-OH is 1. The molecular formula is C15H19Cl2NO2. The summed E-state index contributed by atoms with van der Waals surface area (Å²) in [5.74, 6) is 0.120. The summed E-state index contributed by atoms with van der Waals surface area (Å²) in [6, 6.07) is 4.92. The molecule has 0 bridgehead atoms. The van der Waals surface area contributed by atoms with Crippen LogP contribution in [0.2, 0.25) is 10.0 Å². The van der Waals surface area contributed by atoms with E-state index in [1.54, 1.807) is 24.3 Å². The van der Waals surface area contributed by atoms with Crippen molar-refractivity contribution in [3.8, 4) is 0 Å². The standard InChI is InChI=1S/C15H19Cl2NO2/c1-10(2)8-11(9-19)18-15(20)7-6-12-13(16)4-3-5-14(12)17/h3-7,10-11,19H,8-9H2,1-2H3,(H,18,20)/b7-6+. The molecule has 1 amide bonds. The summed E-state index contributed by atoms with van der Waals surface area (Å²) in [5, 5.41) is 12.9. The summed E-state index contributed by atoms with van der Waals surface area (Å²) < 4.78 is 0. The maximum Gasteiger partial charge on any atom is 0.244 e. The summed E-state index contributed by atoms with van der Waals surface area (Å²) >= 11 is 12.0. The molecule has 0 aliphatic rings. The zero-order valence-corrected chi connectivity index (χ0v) is 13.1. The Labute approximate surface area is 129 Å². The third kappa shape index (κ3) is 5.53. The Balaban J connectivity index is 2.68. The van der Waals surface area contributed by atoms with Gasteiger partial charge in [0.25, 0.3) is 0 Å². The van der Waals surface area contributed by atoms with Crippen LogP contribution < -0.4 is 5.32 Å². The van der Waals surface area contributed by atoms with Crippen molar-refractivity contribution in [3.63, 3.8) is 0 Å². The van der Waals surface area contributed by atoms with Gasteiger partial charge in [0, 0.05) is 21.7 Å². The first-order valence-electron chi connectivity index (χ1n) is 6.47. The average Bonchev–Trinajstić information content (AvgIpc) is 2.36. The number of aliphatic hydroxyl groups is 1. The lowest BCUT2D eigenvalue weighted by Gasteiger charge is -2.17. The molecule has 1 atom stereocenters. The van der Waals surface area contributed by atoms with Crippen molar-refractivity contribution < 1.29 is 9.90 Å².